The van der Waals surface area contributed by atoms with Crippen LogP contribution in [0.2, 0.25) is 0 Å². The quantitative estimate of drug-likeness (QED) is 0.864. The Kier molecular flexibility index (Phi) is 3.22. The topological polar surface area (TPSA) is 75.4 Å². The van der Waals surface area contributed by atoms with Crippen LogP contribution in [-0.4, -0.2) is 17.5 Å². The van der Waals surface area contributed by atoms with E-state index in [0.717, 1.165) is 31.2 Å². The van der Waals surface area contributed by atoms with Crippen LogP contribution in [0.3, 0.4) is 0 Å². The fourth-order valence-electron chi connectivity index (χ4n) is 3.25. The van der Waals surface area contributed by atoms with Crippen LogP contribution in [0.25, 0.3) is 0 Å². The van der Waals surface area contributed by atoms with Crippen molar-refractivity contribution in [3.8, 4) is 0 Å². The average molecular weight is 273 g/mol. The van der Waals surface area contributed by atoms with Crippen molar-refractivity contribution in [3.63, 3.8) is 0 Å². The maximum atomic E-state index is 12.4. The van der Waals surface area contributed by atoms with Gasteiger partial charge in [0, 0.05) is 6.54 Å². The van der Waals surface area contributed by atoms with Gasteiger partial charge in [0.25, 0.3) is 0 Å². The summed E-state index contributed by atoms with van der Waals surface area (Å²) < 4.78 is 0. The zero-order valence-electron chi connectivity index (χ0n) is 11.4. The number of urea groups is 1. The molecule has 0 bridgehead atoms. The van der Waals surface area contributed by atoms with Gasteiger partial charge in [0.1, 0.15) is 0 Å². The Morgan fingerprint density at radius 2 is 2.00 bits per heavy atom. The Morgan fingerprint density at radius 1 is 1.25 bits per heavy atom. The highest BCUT2D eigenvalue weighted by Gasteiger charge is 2.45. The molecule has 1 heterocycles. The lowest BCUT2D eigenvalue weighted by Gasteiger charge is -2.38. The smallest absolute Gasteiger partial charge is 0.329 e. The normalized spacial score (nSPS) is 21.4. The van der Waals surface area contributed by atoms with Gasteiger partial charge in [-0.15, -0.1) is 0 Å². The molecule has 2 fully saturated rings. The van der Waals surface area contributed by atoms with E-state index >= 15 is 0 Å². The maximum Gasteiger partial charge on any atom is 0.329 e. The number of benzene rings is 1. The second-order valence-corrected chi connectivity index (χ2v) is 5.70. The van der Waals surface area contributed by atoms with Crippen LogP contribution >= 0.6 is 0 Å². The number of nitrogens with two attached hydrogens (primary N) is 1. The van der Waals surface area contributed by atoms with Crippen molar-refractivity contribution in [1.29, 1.82) is 0 Å². The van der Waals surface area contributed by atoms with E-state index in [1.807, 2.05) is 12.1 Å². The zero-order valence-corrected chi connectivity index (χ0v) is 11.4. The first-order chi connectivity index (χ1) is 9.63. The molecule has 1 aromatic rings. The van der Waals surface area contributed by atoms with Crippen molar-refractivity contribution < 1.29 is 9.59 Å². The van der Waals surface area contributed by atoms with E-state index in [-0.39, 0.29) is 17.5 Å². The highest BCUT2D eigenvalue weighted by molar-refractivity contribution is 6.16. The highest BCUT2D eigenvalue weighted by Crippen LogP contribution is 2.36. The van der Waals surface area contributed by atoms with Gasteiger partial charge >= 0.3 is 6.03 Å². The van der Waals surface area contributed by atoms with Crippen LogP contribution in [0.15, 0.2) is 24.3 Å². The van der Waals surface area contributed by atoms with Crippen molar-refractivity contribution in [2.75, 3.05) is 4.90 Å². The van der Waals surface area contributed by atoms with Crippen LogP contribution in [0.1, 0.15) is 37.7 Å². The maximum absolute atomic E-state index is 12.4. The van der Waals surface area contributed by atoms with Gasteiger partial charge in [-0.25, -0.2) is 9.69 Å². The fourth-order valence-corrected chi connectivity index (χ4v) is 3.25. The second kappa shape index (κ2) is 4.90. The molecule has 5 nitrogen and oxygen atoms in total. The van der Waals surface area contributed by atoms with E-state index in [2.05, 4.69) is 5.32 Å². The van der Waals surface area contributed by atoms with Gasteiger partial charge in [0.2, 0.25) is 5.91 Å². The van der Waals surface area contributed by atoms with Crippen LogP contribution < -0.4 is 16.0 Å². The predicted octanol–water partition coefficient (Wildman–Crippen LogP) is 1.90. The van der Waals surface area contributed by atoms with Gasteiger partial charge in [-0.2, -0.15) is 0 Å². The third-order valence-corrected chi connectivity index (χ3v) is 4.28. The summed E-state index contributed by atoms with van der Waals surface area (Å²) in [6.07, 6.45) is 4.36. The summed E-state index contributed by atoms with van der Waals surface area (Å²) in [5.74, 6) is -0.121. The lowest BCUT2D eigenvalue weighted by atomic mass is 9.90. The monoisotopic (exact) mass is 273 g/mol. The largest absolute Gasteiger partial charge is 0.331 e. The number of rotatable bonds is 2. The molecular formula is C15H19N3O2. The molecule has 3 N–H and O–H groups in total. The van der Waals surface area contributed by atoms with Gasteiger partial charge < -0.3 is 11.1 Å². The minimum Gasteiger partial charge on any atom is -0.331 e. The Morgan fingerprint density at radius 3 is 2.65 bits per heavy atom. The predicted molar refractivity (Wildman–Crippen MR) is 76.2 cm³/mol. The number of anilines is 1. The minimum absolute atomic E-state index is 0.121. The number of hydrogen-bond donors (Lipinski definition) is 2. The van der Waals surface area contributed by atoms with Crippen molar-refractivity contribution in [3.05, 3.63) is 29.8 Å². The molecule has 1 saturated carbocycles. The van der Waals surface area contributed by atoms with Gasteiger partial charge in [0.15, 0.2) is 0 Å². The summed E-state index contributed by atoms with van der Waals surface area (Å²) >= 11 is 0. The first-order valence-corrected chi connectivity index (χ1v) is 7.08. The molecule has 3 amide bonds. The molecule has 0 aromatic heterocycles. The minimum atomic E-state index is -0.308. The lowest BCUT2D eigenvalue weighted by Crippen LogP contribution is -2.61. The number of hydrogen-bond acceptors (Lipinski definition) is 3. The van der Waals surface area contributed by atoms with Gasteiger partial charge in [-0.05, 0) is 30.5 Å². The Labute approximate surface area is 118 Å². The molecule has 1 spiro atoms. The summed E-state index contributed by atoms with van der Waals surface area (Å²) in [6, 6.07) is 6.96. The SMILES string of the molecule is NCc1cccc(N2C(=O)CC3(CCCC3)NC2=O)c1. The van der Waals surface area contributed by atoms with Crippen LogP contribution in [0.5, 0.6) is 0 Å². The van der Waals surface area contributed by atoms with E-state index in [9.17, 15) is 9.59 Å². The van der Waals surface area contributed by atoms with Crippen molar-refractivity contribution >= 4 is 17.6 Å². The van der Waals surface area contributed by atoms with E-state index < -0.39 is 0 Å². The fraction of sp³-hybridized carbons (Fsp3) is 0.467. The van der Waals surface area contributed by atoms with Crippen molar-refractivity contribution in [1.82, 2.24) is 5.32 Å². The third-order valence-electron chi connectivity index (χ3n) is 4.28. The van der Waals surface area contributed by atoms with Crippen LogP contribution in [0.4, 0.5) is 10.5 Å². The number of carbonyl (C=O) groups excluding carboxylic acids is 2. The number of carbonyl (C=O) groups is 2. The molecular weight excluding hydrogens is 254 g/mol. The molecule has 106 valence electrons. The first-order valence-electron chi connectivity index (χ1n) is 7.08. The average Bonchev–Trinajstić information content (AvgIpc) is 2.86. The van der Waals surface area contributed by atoms with Crippen LogP contribution in [0, 0.1) is 0 Å². The molecule has 1 aliphatic carbocycles. The standard InChI is InChI=1S/C15H19N3O2/c16-10-11-4-3-5-12(8-11)18-13(19)9-15(17-14(18)20)6-1-2-7-15/h3-5,8H,1-2,6-7,9-10,16H2,(H,17,20). The van der Waals surface area contributed by atoms with Crippen LogP contribution in [-0.2, 0) is 11.3 Å². The molecule has 0 radical (unpaired) electrons. The molecule has 2 aliphatic rings. The van der Waals surface area contributed by atoms with E-state index in [0.29, 0.717) is 18.7 Å². The number of nitrogens with one attached hydrogen (secondary N) is 1. The van der Waals surface area contributed by atoms with Crippen molar-refractivity contribution in [2.45, 2.75) is 44.2 Å². The van der Waals surface area contributed by atoms with Crippen molar-refractivity contribution in [2.24, 2.45) is 5.73 Å². The Balaban J connectivity index is 1.87. The third kappa shape index (κ3) is 2.18. The van der Waals surface area contributed by atoms with E-state index in [1.165, 1.54) is 4.90 Å². The molecule has 3 rings (SSSR count). The summed E-state index contributed by atoms with van der Waals surface area (Å²) in [4.78, 5) is 26.0. The summed E-state index contributed by atoms with van der Waals surface area (Å²) in [6.45, 7) is 0.390. The molecule has 0 atom stereocenters. The van der Waals surface area contributed by atoms with Gasteiger partial charge in [-0.3, -0.25) is 4.79 Å². The summed E-state index contributed by atoms with van der Waals surface area (Å²) in [5, 5.41) is 3.04. The summed E-state index contributed by atoms with van der Waals surface area (Å²) in [5.41, 5.74) is 6.82. The summed E-state index contributed by atoms with van der Waals surface area (Å²) in [7, 11) is 0. The second-order valence-electron chi connectivity index (χ2n) is 5.70. The number of nitrogens with zero attached hydrogens (tertiary/aromatic N) is 1. The molecule has 1 saturated heterocycles. The number of imide groups is 1. The van der Waals surface area contributed by atoms with E-state index in [1.54, 1.807) is 12.1 Å². The van der Waals surface area contributed by atoms with Gasteiger partial charge in [0.05, 0.1) is 17.6 Å². The molecule has 1 aromatic carbocycles. The number of amides is 3. The molecule has 5 heteroatoms. The molecule has 0 unspecified atom stereocenters. The zero-order chi connectivity index (χ0) is 14.2. The molecule has 20 heavy (non-hydrogen) atoms. The Bertz CT molecular complexity index is 530. The van der Waals surface area contributed by atoms with Gasteiger partial charge in [-0.1, -0.05) is 25.0 Å². The molecule has 1 aliphatic heterocycles. The Hall–Kier alpha value is -1.88. The van der Waals surface area contributed by atoms with E-state index in [4.69, 9.17) is 5.73 Å². The first kappa shape index (κ1) is 13.1. The lowest BCUT2D eigenvalue weighted by molar-refractivity contribution is -0.120. The highest BCUT2D eigenvalue weighted by atomic mass is 16.2.